The SMILES string of the molecule is CCc1nc(C)nc2scc(N)c12. The zero-order valence-corrected chi connectivity index (χ0v) is 8.48. The van der Waals surface area contributed by atoms with E-state index >= 15 is 0 Å². The highest BCUT2D eigenvalue weighted by atomic mass is 32.1. The number of nitrogen functional groups attached to an aromatic ring is 1. The van der Waals surface area contributed by atoms with E-state index in [0.29, 0.717) is 0 Å². The van der Waals surface area contributed by atoms with Crippen molar-refractivity contribution in [1.82, 2.24) is 9.97 Å². The van der Waals surface area contributed by atoms with Crippen LogP contribution in [-0.2, 0) is 6.42 Å². The summed E-state index contributed by atoms with van der Waals surface area (Å²) in [5.74, 6) is 0.825. The zero-order chi connectivity index (χ0) is 9.42. The van der Waals surface area contributed by atoms with Gasteiger partial charge in [-0.15, -0.1) is 11.3 Å². The summed E-state index contributed by atoms with van der Waals surface area (Å²) in [6.07, 6.45) is 0.904. The van der Waals surface area contributed by atoms with E-state index in [4.69, 9.17) is 5.73 Å². The smallest absolute Gasteiger partial charge is 0.129 e. The predicted octanol–water partition coefficient (Wildman–Crippen LogP) is 2.14. The maximum Gasteiger partial charge on any atom is 0.129 e. The fourth-order valence-corrected chi connectivity index (χ4v) is 2.31. The maximum atomic E-state index is 5.83. The van der Waals surface area contributed by atoms with Crippen molar-refractivity contribution in [2.75, 3.05) is 5.73 Å². The average molecular weight is 193 g/mol. The van der Waals surface area contributed by atoms with Gasteiger partial charge in [0.25, 0.3) is 0 Å². The van der Waals surface area contributed by atoms with Crippen molar-refractivity contribution in [2.45, 2.75) is 20.3 Å². The van der Waals surface area contributed by atoms with Gasteiger partial charge >= 0.3 is 0 Å². The minimum absolute atomic E-state index is 0.803. The van der Waals surface area contributed by atoms with Gasteiger partial charge in [0.15, 0.2) is 0 Å². The second kappa shape index (κ2) is 2.96. The van der Waals surface area contributed by atoms with Crippen LogP contribution < -0.4 is 5.73 Å². The van der Waals surface area contributed by atoms with E-state index in [-0.39, 0.29) is 0 Å². The number of hydrogen-bond donors (Lipinski definition) is 1. The second-order valence-corrected chi connectivity index (χ2v) is 3.80. The van der Waals surface area contributed by atoms with Crippen molar-refractivity contribution < 1.29 is 0 Å². The second-order valence-electron chi connectivity index (χ2n) is 2.94. The molecule has 0 amide bonds. The highest BCUT2D eigenvalue weighted by Crippen LogP contribution is 2.28. The molecule has 0 radical (unpaired) electrons. The standard InChI is InChI=1S/C9H11N3S/c1-3-7-8-6(10)4-13-9(8)12-5(2)11-7/h4H,3,10H2,1-2H3. The van der Waals surface area contributed by atoms with Gasteiger partial charge in [0.05, 0.1) is 16.8 Å². The Bertz CT molecular complexity index is 447. The van der Waals surface area contributed by atoms with Crippen molar-refractivity contribution in [3.05, 3.63) is 16.9 Å². The number of aryl methyl sites for hydroxylation is 2. The molecule has 4 heteroatoms. The Morgan fingerprint density at radius 1 is 1.46 bits per heavy atom. The molecule has 0 fully saturated rings. The largest absolute Gasteiger partial charge is 0.397 e. The third kappa shape index (κ3) is 1.27. The van der Waals surface area contributed by atoms with Crippen LogP contribution in [0.1, 0.15) is 18.4 Å². The summed E-state index contributed by atoms with van der Waals surface area (Å²) in [6.45, 7) is 3.99. The minimum Gasteiger partial charge on any atom is -0.397 e. The molecule has 3 nitrogen and oxygen atoms in total. The number of hydrogen-bond acceptors (Lipinski definition) is 4. The van der Waals surface area contributed by atoms with Crippen molar-refractivity contribution in [1.29, 1.82) is 0 Å². The molecule has 0 saturated carbocycles. The number of anilines is 1. The molecule has 0 aliphatic heterocycles. The quantitative estimate of drug-likeness (QED) is 0.755. The molecule has 2 aromatic heterocycles. The fourth-order valence-electron chi connectivity index (χ4n) is 1.41. The van der Waals surface area contributed by atoms with Crippen LogP contribution in [0.2, 0.25) is 0 Å². The summed E-state index contributed by atoms with van der Waals surface area (Å²) in [4.78, 5) is 9.70. The first-order valence-corrected chi connectivity index (χ1v) is 5.10. The number of nitrogens with zero attached hydrogens (tertiary/aromatic N) is 2. The molecule has 2 aromatic rings. The molecule has 0 atom stereocenters. The number of aromatic nitrogens is 2. The normalized spacial score (nSPS) is 10.9. The molecule has 0 unspecified atom stereocenters. The first kappa shape index (κ1) is 8.44. The van der Waals surface area contributed by atoms with Crippen molar-refractivity contribution in [2.24, 2.45) is 0 Å². The van der Waals surface area contributed by atoms with Gasteiger partial charge in [0, 0.05) is 5.38 Å². The lowest BCUT2D eigenvalue weighted by Gasteiger charge is -2.00. The van der Waals surface area contributed by atoms with E-state index in [0.717, 1.165) is 33.8 Å². The highest BCUT2D eigenvalue weighted by Gasteiger charge is 2.08. The van der Waals surface area contributed by atoms with Crippen LogP contribution in [0.5, 0.6) is 0 Å². The van der Waals surface area contributed by atoms with E-state index < -0.39 is 0 Å². The molecule has 2 N–H and O–H groups in total. The lowest BCUT2D eigenvalue weighted by molar-refractivity contribution is 0.985. The molecular weight excluding hydrogens is 182 g/mol. The number of thiophene rings is 1. The molecule has 2 heterocycles. The Kier molecular flexibility index (Phi) is 1.92. The maximum absolute atomic E-state index is 5.83. The van der Waals surface area contributed by atoms with Crippen LogP contribution in [0, 0.1) is 6.92 Å². The van der Waals surface area contributed by atoms with Gasteiger partial charge < -0.3 is 5.73 Å². The fraction of sp³-hybridized carbons (Fsp3) is 0.333. The molecule has 0 aromatic carbocycles. The minimum atomic E-state index is 0.803. The summed E-state index contributed by atoms with van der Waals surface area (Å²) in [7, 11) is 0. The number of fused-ring (bicyclic) bond motifs is 1. The van der Waals surface area contributed by atoms with Crippen LogP contribution in [0.3, 0.4) is 0 Å². The Morgan fingerprint density at radius 2 is 2.23 bits per heavy atom. The van der Waals surface area contributed by atoms with Gasteiger partial charge in [-0.25, -0.2) is 9.97 Å². The summed E-state index contributed by atoms with van der Waals surface area (Å²) in [6, 6.07) is 0. The topological polar surface area (TPSA) is 51.8 Å². The van der Waals surface area contributed by atoms with Crippen molar-refractivity contribution in [3.8, 4) is 0 Å². The van der Waals surface area contributed by atoms with Gasteiger partial charge in [0.1, 0.15) is 10.7 Å². The van der Waals surface area contributed by atoms with E-state index in [1.807, 2.05) is 12.3 Å². The van der Waals surface area contributed by atoms with E-state index in [1.54, 1.807) is 11.3 Å². The van der Waals surface area contributed by atoms with E-state index in [1.165, 1.54) is 0 Å². The Morgan fingerprint density at radius 3 is 2.92 bits per heavy atom. The monoisotopic (exact) mass is 193 g/mol. The summed E-state index contributed by atoms with van der Waals surface area (Å²) < 4.78 is 0. The molecule has 68 valence electrons. The first-order chi connectivity index (χ1) is 6.22. The molecule has 0 aliphatic rings. The molecule has 0 spiro atoms. The van der Waals surface area contributed by atoms with Gasteiger partial charge in [0.2, 0.25) is 0 Å². The van der Waals surface area contributed by atoms with Crippen molar-refractivity contribution >= 4 is 27.2 Å². The summed E-state index contributed by atoms with van der Waals surface area (Å²) >= 11 is 1.58. The summed E-state index contributed by atoms with van der Waals surface area (Å²) in [5, 5.41) is 2.97. The van der Waals surface area contributed by atoms with Gasteiger partial charge in [-0.2, -0.15) is 0 Å². The molecule has 2 rings (SSSR count). The van der Waals surface area contributed by atoms with Crippen LogP contribution in [-0.4, -0.2) is 9.97 Å². The van der Waals surface area contributed by atoms with Gasteiger partial charge in [-0.05, 0) is 13.3 Å². The third-order valence-corrected chi connectivity index (χ3v) is 2.87. The lowest BCUT2D eigenvalue weighted by atomic mass is 10.2. The first-order valence-electron chi connectivity index (χ1n) is 4.22. The van der Waals surface area contributed by atoms with Crippen LogP contribution in [0.15, 0.2) is 5.38 Å². The van der Waals surface area contributed by atoms with Crippen LogP contribution in [0.4, 0.5) is 5.69 Å². The number of rotatable bonds is 1. The van der Waals surface area contributed by atoms with Crippen LogP contribution >= 0.6 is 11.3 Å². The van der Waals surface area contributed by atoms with E-state index in [9.17, 15) is 0 Å². The average Bonchev–Trinajstić information content (AvgIpc) is 2.46. The van der Waals surface area contributed by atoms with Crippen molar-refractivity contribution in [3.63, 3.8) is 0 Å². The predicted molar refractivity (Wildman–Crippen MR) is 55.9 cm³/mol. The lowest BCUT2D eigenvalue weighted by Crippen LogP contribution is -1.95. The molecule has 13 heavy (non-hydrogen) atoms. The molecule has 0 saturated heterocycles. The van der Waals surface area contributed by atoms with Gasteiger partial charge in [-0.3, -0.25) is 0 Å². The molecular formula is C9H11N3S. The Balaban J connectivity index is 2.85. The van der Waals surface area contributed by atoms with Crippen LogP contribution in [0.25, 0.3) is 10.2 Å². The number of nitrogens with two attached hydrogens (primary N) is 1. The zero-order valence-electron chi connectivity index (χ0n) is 7.66. The molecule has 0 bridgehead atoms. The highest BCUT2D eigenvalue weighted by molar-refractivity contribution is 7.17. The molecule has 0 aliphatic carbocycles. The third-order valence-electron chi connectivity index (χ3n) is 1.98. The van der Waals surface area contributed by atoms with Gasteiger partial charge in [-0.1, -0.05) is 6.92 Å². The Hall–Kier alpha value is -1.16. The Labute approximate surface area is 80.6 Å². The summed E-state index contributed by atoms with van der Waals surface area (Å²) in [5.41, 5.74) is 7.69. The van der Waals surface area contributed by atoms with E-state index in [2.05, 4.69) is 16.9 Å².